The summed E-state index contributed by atoms with van der Waals surface area (Å²) in [5.41, 5.74) is 2.06. The molecule has 0 aliphatic carbocycles. The van der Waals surface area contributed by atoms with E-state index in [2.05, 4.69) is 42.8 Å². The highest BCUT2D eigenvalue weighted by Gasteiger charge is 2.11. The first-order valence-electron chi connectivity index (χ1n) is 4.87. The van der Waals surface area contributed by atoms with Gasteiger partial charge in [-0.3, -0.25) is 0 Å². The first-order valence-corrected chi connectivity index (χ1v) is 6.58. The second kappa shape index (κ2) is 7.20. The number of thiol groups is 2. The van der Waals surface area contributed by atoms with Crippen LogP contribution in [-0.2, 0) is 0 Å². The quantitative estimate of drug-likeness (QED) is 0.507. The van der Waals surface area contributed by atoms with Gasteiger partial charge in [-0.1, -0.05) is 48.7 Å². The van der Waals surface area contributed by atoms with E-state index in [0.29, 0.717) is 15.2 Å². The Hall–Kier alpha value is -0.300. The summed E-state index contributed by atoms with van der Waals surface area (Å²) in [5, 5.41) is 6.08. The van der Waals surface area contributed by atoms with Gasteiger partial charge in [-0.25, -0.2) is 0 Å². The van der Waals surface area contributed by atoms with Crippen molar-refractivity contribution in [2.45, 2.75) is 6.04 Å². The zero-order valence-electron chi connectivity index (χ0n) is 9.01. The largest absolute Gasteiger partial charge is 0.369 e. The van der Waals surface area contributed by atoms with Crippen molar-refractivity contribution in [3.8, 4) is 0 Å². The Kier molecular flexibility index (Phi) is 6.26. The van der Waals surface area contributed by atoms with Crippen molar-refractivity contribution in [2.24, 2.45) is 0 Å². The molecule has 0 amide bonds. The van der Waals surface area contributed by atoms with Crippen LogP contribution in [0.5, 0.6) is 0 Å². The molecule has 91 valence electrons. The van der Waals surface area contributed by atoms with E-state index in [1.807, 2.05) is 24.3 Å². The Morgan fingerprint density at radius 3 is 2.24 bits per heavy atom. The van der Waals surface area contributed by atoms with E-state index in [9.17, 15) is 0 Å². The molecular formula is C11H13N2S4. The molecule has 1 atom stereocenters. The average Bonchev–Trinajstić information content (AvgIpc) is 2.25. The van der Waals surface area contributed by atoms with Crippen molar-refractivity contribution in [2.75, 3.05) is 6.54 Å². The first kappa shape index (κ1) is 14.8. The lowest BCUT2D eigenvalue weighted by molar-refractivity contribution is 0.637. The maximum Gasteiger partial charge on any atom is 0.131 e. The van der Waals surface area contributed by atoms with E-state index in [4.69, 9.17) is 24.4 Å². The van der Waals surface area contributed by atoms with E-state index in [1.54, 1.807) is 0 Å². The molecule has 1 rings (SSSR count). The minimum atomic E-state index is 0.00528. The highest BCUT2D eigenvalue weighted by molar-refractivity contribution is 8.11. The zero-order chi connectivity index (χ0) is 12.8. The van der Waals surface area contributed by atoms with Gasteiger partial charge in [0.15, 0.2) is 0 Å². The third-order valence-electron chi connectivity index (χ3n) is 2.14. The Morgan fingerprint density at radius 1 is 1.18 bits per heavy atom. The number of benzene rings is 1. The average molecular weight is 302 g/mol. The summed E-state index contributed by atoms with van der Waals surface area (Å²) in [4.78, 5) is 0. The summed E-state index contributed by atoms with van der Waals surface area (Å²) in [5.74, 6) is 0. The summed E-state index contributed by atoms with van der Waals surface area (Å²) in [6.45, 7) is 4.44. The summed E-state index contributed by atoms with van der Waals surface area (Å²) in [6.07, 6.45) is 0. The van der Waals surface area contributed by atoms with Crippen molar-refractivity contribution in [1.29, 1.82) is 0 Å². The molecule has 1 radical (unpaired) electrons. The molecule has 1 unspecified atom stereocenters. The molecule has 1 aromatic carbocycles. The van der Waals surface area contributed by atoms with Crippen molar-refractivity contribution in [3.63, 3.8) is 0 Å². The van der Waals surface area contributed by atoms with Gasteiger partial charge >= 0.3 is 0 Å². The molecule has 0 aliphatic rings. The number of rotatable bonds is 4. The van der Waals surface area contributed by atoms with Gasteiger partial charge in [-0.2, -0.15) is 0 Å². The van der Waals surface area contributed by atoms with Crippen molar-refractivity contribution in [3.05, 3.63) is 42.3 Å². The number of thiocarbonyl (C=S) groups is 2. The lowest BCUT2D eigenvalue weighted by atomic mass is 10.1. The highest BCUT2D eigenvalue weighted by Crippen LogP contribution is 2.14. The van der Waals surface area contributed by atoms with Crippen molar-refractivity contribution < 1.29 is 0 Å². The zero-order valence-corrected chi connectivity index (χ0v) is 12.4. The second-order valence-corrected chi connectivity index (χ2v) is 5.75. The number of hydrogen-bond acceptors (Lipinski definition) is 2. The maximum atomic E-state index is 4.94. The van der Waals surface area contributed by atoms with Crippen LogP contribution in [0.1, 0.15) is 17.2 Å². The molecule has 0 fully saturated rings. The van der Waals surface area contributed by atoms with Gasteiger partial charge in [-0.05, 0) is 18.1 Å². The van der Waals surface area contributed by atoms with Gasteiger partial charge in [0.25, 0.3) is 0 Å². The monoisotopic (exact) mass is 301 g/mol. The Labute approximate surface area is 123 Å². The van der Waals surface area contributed by atoms with Crippen LogP contribution in [0.4, 0.5) is 0 Å². The van der Waals surface area contributed by atoms with E-state index in [1.165, 1.54) is 0 Å². The fourth-order valence-corrected chi connectivity index (χ4v) is 1.81. The molecule has 0 saturated carbocycles. The third-order valence-corrected chi connectivity index (χ3v) is 2.69. The van der Waals surface area contributed by atoms with Crippen molar-refractivity contribution in [1.82, 2.24) is 10.6 Å². The van der Waals surface area contributed by atoms with Crippen molar-refractivity contribution >= 4 is 58.3 Å². The minimum absolute atomic E-state index is 0.00528. The van der Waals surface area contributed by atoms with Gasteiger partial charge < -0.3 is 10.6 Å². The van der Waals surface area contributed by atoms with E-state index in [0.717, 1.165) is 11.1 Å². The van der Waals surface area contributed by atoms with Gasteiger partial charge in [0.1, 0.15) is 8.64 Å². The molecule has 2 N–H and O–H groups in total. The van der Waals surface area contributed by atoms with Gasteiger partial charge in [0.2, 0.25) is 0 Å². The van der Waals surface area contributed by atoms with Crippen LogP contribution >= 0.6 is 49.7 Å². The summed E-state index contributed by atoms with van der Waals surface area (Å²) >= 11 is 17.9. The topological polar surface area (TPSA) is 24.1 Å². The van der Waals surface area contributed by atoms with Gasteiger partial charge in [0.05, 0.1) is 6.04 Å². The fraction of sp³-hybridized carbons (Fsp3) is 0.182. The predicted molar refractivity (Wildman–Crippen MR) is 87.9 cm³/mol. The SMILES string of the molecule is [CH2]c1ccc(C(CNC(=S)S)NC(=S)S)cc1. The molecule has 2 nitrogen and oxygen atoms in total. The molecular weight excluding hydrogens is 288 g/mol. The number of hydrogen-bond donors (Lipinski definition) is 4. The Balaban J connectivity index is 2.77. The smallest absolute Gasteiger partial charge is 0.131 e. The first-order chi connectivity index (χ1) is 7.99. The fourth-order valence-electron chi connectivity index (χ4n) is 1.34. The van der Waals surface area contributed by atoms with E-state index in [-0.39, 0.29) is 6.04 Å². The summed E-state index contributed by atoms with van der Waals surface area (Å²) in [7, 11) is 0. The second-order valence-electron chi connectivity index (χ2n) is 3.43. The van der Waals surface area contributed by atoms with Crippen LogP contribution in [-0.4, -0.2) is 15.2 Å². The predicted octanol–water partition coefficient (Wildman–Crippen LogP) is 2.52. The van der Waals surface area contributed by atoms with Gasteiger partial charge in [0, 0.05) is 6.54 Å². The lowest BCUT2D eigenvalue weighted by Crippen LogP contribution is -2.33. The Morgan fingerprint density at radius 2 is 1.76 bits per heavy atom. The van der Waals surface area contributed by atoms with Crippen LogP contribution in [0.3, 0.4) is 0 Å². The molecule has 0 aromatic heterocycles. The molecule has 0 saturated heterocycles. The lowest BCUT2D eigenvalue weighted by Gasteiger charge is -2.20. The van der Waals surface area contributed by atoms with Crippen LogP contribution < -0.4 is 10.6 Å². The van der Waals surface area contributed by atoms with Gasteiger partial charge in [-0.15, -0.1) is 25.3 Å². The molecule has 1 aromatic rings. The molecule has 0 aliphatic heterocycles. The number of nitrogens with one attached hydrogen (secondary N) is 2. The standard InChI is InChI=1S/C11H13N2S4/c1-7-2-4-8(5-3-7)9(13-11(16)17)6-12-10(14)15/h2-5,9H,1,6H2,(H2,12,14,15)(H2,13,16,17). The maximum absolute atomic E-state index is 4.94. The molecule has 0 spiro atoms. The van der Waals surface area contributed by atoms with Crippen LogP contribution in [0, 0.1) is 6.92 Å². The van der Waals surface area contributed by atoms with Crippen LogP contribution in [0.2, 0.25) is 0 Å². The minimum Gasteiger partial charge on any atom is -0.369 e. The molecule has 0 heterocycles. The van der Waals surface area contributed by atoms with E-state index >= 15 is 0 Å². The van der Waals surface area contributed by atoms with Crippen LogP contribution in [0.25, 0.3) is 0 Å². The van der Waals surface area contributed by atoms with Crippen LogP contribution in [0.15, 0.2) is 24.3 Å². The molecule has 6 heteroatoms. The summed E-state index contributed by atoms with van der Waals surface area (Å²) < 4.78 is 0.899. The Bertz CT molecular complexity index is 402. The molecule has 17 heavy (non-hydrogen) atoms. The highest BCUT2D eigenvalue weighted by atomic mass is 32.1. The third kappa shape index (κ3) is 5.72. The summed E-state index contributed by atoms with van der Waals surface area (Å²) in [6, 6.07) is 7.89. The molecule has 0 bridgehead atoms. The normalized spacial score (nSPS) is 11.7. The van der Waals surface area contributed by atoms with E-state index < -0.39 is 0 Å².